The maximum absolute atomic E-state index is 13.4. The van der Waals surface area contributed by atoms with Gasteiger partial charge in [0.1, 0.15) is 12.6 Å². The third-order valence-corrected chi connectivity index (χ3v) is 6.57. The summed E-state index contributed by atoms with van der Waals surface area (Å²) in [6.07, 6.45) is 1.07. The van der Waals surface area contributed by atoms with E-state index in [2.05, 4.69) is 21.2 Å². The van der Waals surface area contributed by atoms with Crippen molar-refractivity contribution in [1.82, 2.24) is 10.2 Å². The van der Waals surface area contributed by atoms with Gasteiger partial charge in [-0.05, 0) is 68.7 Å². The molecule has 174 valence electrons. The normalized spacial score (nSPS) is 12.2. The summed E-state index contributed by atoms with van der Waals surface area (Å²) < 4.78 is 27.1. The van der Waals surface area contributed by atoms with Crippen LogP contribution in [0, 0.1) is 13.8 Å². The van der Waals surface area contributed by atoms with Crippen LogP contribution in [0.1, 0.15) is 30.5 Å². The number of halogens is 1. The van der Waals surface area contributed by atoms with Gasteiger partial charge in [0.15, 0.2) is 0 Å². The quantitative estimate of drug-likeness (QED) is 0.545. The summed E-state index contributed by atoms with van der Waals surface area (Å²) in [7, 11) is -3.74. The highest BCUT2D eigenvalue weighted by molar-refractivity contribution is 9.10. The highest BCUT2D eigenvalue weighted by Crippen LogP contribution is 2.22. The van der Waals surface area contributed by atoms with Gasteiger partial charge in [0, 0.05) is 17.6 Å². The molecule has 0 aliphatic heterocycles. The average molecular weight is 524 g/mol. The van der Waals surface area contributed by atoms with Crippen molar-refractivity contribution in [1.29, 1.82) is 0 Å². The minimum atomic E-state index is -3.74. The monoisotopic (exact) mass is 523 g/mol. The molecule has 7 nitrogen and oxygen atoms in total. The molecule has 2 rings (SSSR count). The van der Waals surface area contributed by atoms with E-state index in [1.165, 1.54) is 4.90 Å². The Morgan fingerprint density at radius 2 is 1.72 bits per heavy atom. The van der Waals surface area contributed by atoms with E-state index in [0.717, 1.165) is 31.7 Å². The van der Waals surface area contributed by atoms with Crippen molar-refractivity contribution in [3.8, 4) is 0 Å². The lowest BCUT2D eigenvalue weighted by molar-refractivity contribution is -0.139. The van der Waals surface area contributed by atoms with E-state index in [1.54, 1.807) is 26.0 Å². The number of benzene rings is 2. The minimum absolute atomic E-state index is 0.168. The number of anilines is 1. The molecule has 0 unspecified atom stereocenters. The van der Waals surface area contributed by atoms with E-state index in [0.29, 0.717) is 12.2 Å². The van der Waals surface area contributed by atoms with Crippen molar-refractivity contribution in [2.75, 3.05) is 23.7 Å². The Morgan fingerprint density at radius 1 is 1.09 bits per heavy atom. The largest absolute Gasteiger partial charge is 0.355 e. The predicted octanol–water partition coefficient (Wildman–Crippen LogP) is 3.39. The van der Waals surface area contributed by atoms with Gasteiger partial charge in [-0.1, -0.05) is 34.1 Å². The van der Waals surface area contributed by atoms with Crippen LogP contribution in [0.5, 0.6) is 0 Å². The van der Waals surface area contributed by atoms with E-state index in [4.69, 9.17) is 0 Å². The maximum Gasteiger partial charge on any atom is 0.244 e. The molecule has 2 aromatic rings. The van der Waals surface area contributed by atoms with E-state index >= 15 is 0 Å². The molecule has 0 radical (unpaired) electrons. The fourth-order valence-electron chi connectivity index (χ4n) is 3.44. The van der Waals surface area contributed by atoms with E-state index in [-0.39, 0.29) is 12.5 Å². The number of carbonyl (C=O) groups excluding carboxylic acids is 2. The molecule has 9 heteroatoms. The summed E-state index contributed by atoms with van der Waals surface area (Å²) in [4.78, 5) is 27.4. The third-order valence-electron chi connectivity index (χ3n) is 4.93. The number of nitrogens with one attached hydrogen (secondary N) is 1. The lowest BCUT2D eigenvalue weighted by atomic mass is 10.1. The van der Waals surface area contributed by atoms with Crippen molar-refractivity contribution in [2.45, 2.75) is 40.3 Å². The molecule has 32 heavy (non-hydrogen) atoms. The molecule has 2 amide bonds. The van der Waals surface area contributed by atoms with Crippen LogP contribution in [-0.4, -0.2) is 50.5 Å². The number of hydrogen-bond acceptors (Lipinski definition) is 4. The smallest absolute Gasteiger partial charge is 0.244 e. The Morgan fingerprint density at radius 3 is 2.25 bits per heavy atom. The molecule has 0 heterocycles. The highest BCUT2D eigenvalue weighted by Gasteiger charge is 2.30. The molecule has 0 aliphatic carbocycles. The van der Waals surface area contributed by atoms with Gasteiger partial charge in [-0.15, -0.1) is 0 Å². The van der Waals surface area contributed by atoms with Crippen molar-refractivity contribution in [3.05, 3.63) is 63.6 Å². The van der Waals surface area contributed by atoms with Crippen molar-refractivity contribution in [3.63, 3.8) is 0 Å². The molecular weight excluding hydrogens is 494 g/mol. The number of nitrogens with zero attached hydrogens (tertiary/aromatic N) is 2. The zero-order chi connectivity index (χ0) is 24.1. The highest BCUT2D eigenvalue weighted by atomic mass is 79.9. The second-order valence-corrected chi connectivity index (χ2v) is 10.7. The average Bonchev–Trinajstić information content (AvgIpc) is 2.68. The van der Waals surface area contributed by atoms with E-state index in [1.807, 2.05) is 44.2 Å². The molecule has 1 N–H and O–H groups in total. The maximum atomic E-state index is 13.4. The Balaban J connectivity index is 2.42. The zero-order valence-electron chi connectivity index (χ0n) is 19.1. The first kappa shape index (κ1) is 25.9. The molecule has 0 spiro atoms. The number of sulfonamides is 1. The molecule has 0 bridgehead atoms. The summed E-state index contributed by atoms with van der Waals surface area (Å²) in [6.45, 7) is 7.38. The molecule has 0 saturated carbocycles. The number of carbonyl (C=O) groups is 2. The Kier molecular flexibility index (Phi) is 8.86. The Bertz CT molecular complexity index is 1070. The fourth-order valence-corrected chi connectivity index (χ4v) is 4.72. The second kappa shape index (κ2) is 11.0. The molecule has 0 aliphatic rings. The van der Waals surface area contributed by atoms with Crippen LogP contribution in [0.4, 0.5) is 5.69 Å². The number of rotatable bonds is 9. The summed E-state index contributed by atoms with van der Waals surface area (Å²) in [6, 6.07) is 12.0. The van der Waals surface area contributed by atoms with Gasteiger partial charge in [0.05, 0.1) is 11.9 Å². The molecule has 2 aromatic carbocycles. The number of hydrogen-bond donors (Lipinski definition) is 1. The summed E-state index contributed by atoms with van der Waals surface area (Å²) in [5, 5.41) is 2.73. The Labute approximate surface area is 199 Å². The third kappa shape index (κ3) is 7.06. The van der Waals surface area contributed by atoms with Gasteiger partial charge in [0.2, 0.25) is 21.8 Å². The number of aryl methyl sites for hydroxylation is 2. The van der Waals surface area contributed by atoms with Crippen LogP contribution < -0.4 is 9.62 Å². The molecule has 0 aromatic heterocycles. The predicted molar refractivity (Wildman–Crippen MR) is 131 cm³/mol. The SMILES string of the molecule is CCNC(=O)[C@H](C)N(Cc1cccc(Br)c1)C(=O)CN(c1cc(C)cc(C)c1)S(C)(=O)=O. The van der Waals surface area contributed by atoms with Crippen molar-refractivity contribution < 1.29 is 18.0 Å². The van der Waals surface area contributed by atoms with Crippen LogP contribution in [0.2, 0.25) is 0 Å². The van der Waals surface area contributed by atoms with Crippen molar-refractivity contribution >= 4 is 43.5 Å². The zero-order valence-corrected chi connectivity index (χ0v) is 21.5. The van der Waals surface area contributed by atoms with Crippen molar-refractivity contribution in [2.24, 2.45) is 0 Å². The lowest BCUT2D eigenvalue weighted by Crippen LogP contribution is -2.51. The molecule has 0 fully saturated rings. The van der Waals surface area contributed by atoms with Gasteiger partial charge in [-0.3, -0.25) is 13.9 Å². The van der Waals surface area contributed by atoms with Gasteiger partial charge >= 0.3 is 0 Å². The Hall–Kier alpha value is -2.39. The molecule has 0 saturated heterocycles. The van der Waals surface area contributed by atoms with Gasteiger partial charge in [-0.2, -0.15) is 0 Å². The first-order valence-electron chi connectivity index (χ1n) is 10.3. The van der Waals surface area contributed by atoms with Crippen LogP contribution >= 0.6 is 15.9 Å². The summed E-state index contributed by atoms with van der Waals surface area (Å²) in [5.74, 6) is -0.763. The van der Waals surface area contributed by atoms with Gasteiger partial charge < -0.3 is 10.2 Å². The van der Waals surface area contributed by atoms with Crippen LogP contribution in [-0.2, 0) is 26.2 Å². The summed E-state index contributed by atoms with van der Waals surface area (Å²) >= 11 is 3.42. The first-order chi connectivity index (χ1) is 14.9. The standard InChI is InChI=1S/C23H30BrN3O4S/c1-6-25-23(29)18(4)26(14-19-8-7-9-20(24)13-19)22(28)15-27(32(5,30)31)21-11-16(2)10-17(3)12-21/h7-13,18H,6,14-15H2,1-5H3,(H,25,29)/t18-/m0/s1. The fraction of sp³-hybridized carbons (Fsp3) is 0.391. The topological polar surface area (TPSA) is 86.8 Å². The van der Waals surface area contributed by atoms with E-state index in [9.17, 15) is 18.0 Å². The molecule has 1 atom stereocenters. The van der Waals surface area contributed by atoms with Crippen LogP contribution in [0.3, 0.4) is 0 Å². The van der Waals surface area contributed by atoms with E-state index < -0.39 is 28.5 Å². The van der Waals surface area contributed by atoms with Gasteiger partial charge in [0.25, 0.3) is 0 Å². The number of likely N-dealkylation sites (N-methyl/N-ethyl adjacent to an activating group) is 1. The second-order valence-electron chi connectivity index (χ2n) is 7.84. The van der Waals surface area contributed by atoms with Crippen LogP contribution in [0.15, 0.2) is 46.9 Å². The number of amides is 2. The van der Waals surface area contributed by atoms with Crippen LogP contribution in [0.25, 0.3) is 0 Å². The molecular formula is C23H30BrN3O4S. The first-order valence-corrected chi connectivity index (χ1v) is 12.9. The van der Waals surface area contributed by atoms with Gasteiger partial charge in [-0.25, -0.2) is 8.42 Å². The minimum Gasteiger partial charge on any atom is -0.355 e. The summed E-state index contributed by atoms with van der Waals surface area (Å²) in [5.41, 5.74) is 3.03. The lowest BCUT2D eigenvalue weighted by Gasteiger charge is -2.31.